The van der Waals surface area contributed by atoms with Gasteiger partial charge in [0.25, 0.3) is 11.7 Å². The lowest BCUT2D eigenvalue weighted by Gasteiger charge is -2.23. The average Bonchev–Trinajstić information content (AvgIpc) is 3.39. The molecule has 0 aliphatic carbocycles. The number of amides is 1. The zero-order valence-electron chi connectivity index (χ0n) is 17.7. The number of aliphatic hydroxyl groups excluding tert-OH is 1. The van der Waals surface area contributed by atoms with Crippen LogP contribution in [0, 0.1) is 12.7 Å². The van der Waals surface area contributed by atoms with Gasteiger partial charge in [-0.3, -0.25) is 9.59 Å². The summed E-state index contributed by atoms with van der Waals surface area (Å²) in [7, 11) is 0. The van der Waals surface area contributed by atoms with Gasteiger partial charge in [-0.05, 0) is 67.4 Å². The van der Waals surface area contributed by atoms with Crippen molar-refractivity contribution >= 4 is 17.4 Å². The standard InChI is InChI=1S/C25H22FNO5/c1-3-31-18-9-6-16(7-10-18)14-27-22(20-5-4-12-32-20)21(24(29)25(27)30)23(28)17-8-11-19(26)15(2)13-17/h4-13,22,28H,3,14H2,1-2H3/b23-21-. The monoisotopic (exact) mass is 435 g/mol. The molecule has 1 atom stereocenters. The molecule has 0 spiro atoms. The molecular weight excluding hydrogens is 413 g/mol. The highest BCUT2D eigenvalue weighted by atomic mass is 19.1. The van der Waals surface area contributed by atoms with Gasteiger partial charge in [0.2, 0.25) is 0 Å². The highest BCUT2D eigenvalue weighted by Gasteiger charge is 2.47. The third kappa shape index (κ3) is 3.89. The van der Waals surface area contributed by atoms with Crippen molar-refractivity contribution in [2.45, 2.75) is 26.4 Å². The molecule has 1 aromatic heterocycles. The van der Waals surface area contributed by atoms with E-state index < -0.39 is 23.5 Å². The van der Waals surface area contributed by atoms with E-state index >= 15 is 0 Å². The summed E-state index contributed by atoms with van der Waals surface area (Å²) in [6.45, 7) is 4.11. The predicted octanol–water partition coefficient (Wildman–Crippen LogP) is 4.75. The van der Waals surface area contributed by atoms with Crippen LogP contribution in [0.1, 0.15) is 35.4 Å². The third-order valence-corrected chi connectivity index (χ3v) is 5.37. The van der Waals surface area contributed by atoms with Gasteiger partial charge in [-0.1, -0.05) is 12.1 Å². The third-order valence-electron chi connectivity index (χ3n) is 5.37. The smallest absolute Gasteiger partial charge is 0.296 e. The molecule has 2 heterocycles. The van der Waals surface area contributed by atoms with Crippen molar-refractivity contribution in [1.29, 1.82) is 0 Å². The van der Waals surface area contributed by atoms with E-state index in [9.17, 15) is 19.1 Å². The highest BCUT2D eigenvalue weighted by Crippen LogP contribution is 2.40. The summed E-state index contributed by atoms with van der Waals surface area (Å²) in [5.41, 5.74) is 1.25. The van der Waals surface area contributed by atoms with Gasteiger partial charge in [0, 0.05) is 12.1 Å². The molecule has 1 unspecified atom stereocenters. The van der Waals surface area contributed by atoms with E-state index in [1.54, 1.807) is 31.2 Å². The summed E-state index contributed by atoms with van der Waals surface area (Å²) in [5, 5.41) is 11.0. The van der Waals surface area contributed by atoms with Gasteiger partial charge < -0.3 is 19.2 Å². The molecule has 1 amide bonds. The first-order chi connectivity index (χ1) is 15.4. The Morgan fingerprint density at radius 1 is 1.16 bits per heavy atom. The number of ketones is 1. The molecule has 6 nitrogen and oxygen atoms in total. The van der Waals surface area contributed by atoms with Crippen LogP contribution >= 0.6 is 0 Å². The number of nitrogens with zero attached hydrogens (tertiary/aromatic N) is 1. The molecule has 0 saturated carbocycles. The number of furan rings is 1. The summed E-state index contributed by atoms with van der Waals surface area (Å²) < 4.78 is 24.7. The van der Waals surface area contributed by atoms with Crippen molar-refractivity contribution in [1.82, 2.24) is 4.90 Å². The maximum absolute atomic E-state index is 13.7. The second kappa shape index (κ2) is 8.70. The van der Waals surface area contributed by atoms with Gasteiger partial charge in [0.05, 0.1) is 18.4 Å². The summed E-state index contributed by atoms with van der Waals surface area (Å²) in [6, 6.07) is 13.6. The van der Waals surface area contributed by atoms with Crippen LogP contribution in [0.3, 0.4) is 0 Å². The van der Waals surface area contributed by atoms with Crippen LogP contribution in [0.2, 0.25) is 0 Å². The van der Waals surface area contributed by atoms with Crippen LogP contribution in [0.25, 0.3) is 5.76 Å². The van der Waals surface area contributed by atoms with Gasteiger partial charge in [-0.2, -0.15) is 0 Å². The number of hydrogen-bond acceptors (Lipinski definition) is 5. The molecule has 1 fully saturated rings. The van der Waals surface area contributed by atoms with E-state index in [0.29, 0.717) is 23.7 Å². The number of hydrogen-bond donors (Lipinski definition) is 1. The zero-order valence-corrected chi connectivity index (χ0v) is 17.7. The molecule has 1 aliphatic heterocycles. The molecule has 1 N–H and O–H groups in total. The Bertz CT molecular complexity index is 1180. The van der Waals surface area contributed by atoms with Crippen molar-refractivity contribution in [3.63, 3.8) is 0 Å². The van der Waals surface area contributed by atoms with Crippen LogP contribution in [0.15, 0.2) is 70.9 Å². The van der Waals surface area contributed by atoms with Gasteiger partial charge >= 0.3 is 0 Å². The van der Waals surface area contributed by atoms with Gasteiger partial charge in [-0.25, -0.2) is 4.39 Å². The summed E-state index contributed by atoms with van der Waals surface area (Å²) >= 11 is 0. The lowest BCUT2D eigenvalue weighted by molar-refractivity contribution is -0.140. The Morgan fingerprint density at radius 2 is 1.91 bits per heavy atom. The lowest BCUT2D eigenvalue weighted by atomic mass is 9.98. The fourth-order valence-corrected chi connectivity index (χ4v) is 3.79. The Kier molecular flexibility index (Phi) is 5.81. The largest absolute Gasteiger partial charge is 0.507 e. The summed E-state index contributed by atoms with van der Waals surface area (Å²) in [4.78, 5) is 27.3. The second-order valence-corrected chi connectivity index (χ2v) is 7.48. The number of halogens is 1. The predicted molar refractivity (Wildman–Crippen MR) is 115 cm³/mol. The average molecular weight is 435 g/mol. The van der Waals surface area contributed by atoms with E-state index in [1.807, 2.05) is 19.1 Å². The molecule has 1 aliphatic rings. The second-order valence-electron chi connectivity index (χ2n) is 7.48. The minimum absolute atomic E-state index is 0.0955. The Balaban J connectivity index is 1.76. The van der Waals surface area contributed by atoms with Crippen molar-refractivity contribution in [2.75, 3.05) is 6.61 Å². The topological polar surface area (TPSA) is 80.0 Å². The van der Waals surface area contributed by atoms with Gasteiger partial charge in [0.1, 0.15) is 29.1 Å². The molecule has 1 saturated heterocycles. The number of ether oxygens (including phenoxy) is 1. The molecule has 3 aromatic rings. The first-order valence-corrected chi connectivity index (χ1v) is 10.2. The number of benzene rings is 2. The molecule has 0 bridgehead atoms. The van der Waals surface area contributed by atoms with Crippen molar-refractivity contribution in [2.24, 2.45) is 0 Å². The first kappa shape index (κ1) is 21.4. The summed E-state index contributed by atoms with van der Waals surface area (Å²) in [6.07, 6.45) is 1.44. The molecule has 2 aromatic carbocycles. The molecule has 4 rings (SSSR count). The van der Waals surface area contributed by atoms with Gasteiger partial charge in [-0.15, -0.1) is 0 Å². The van der Waals surface area contributed by atoms with Crippen LogP contribution in [-0.4, -0.2) is 28.3 Å². The first-order valence-electron chi connectivity index (χ1n) is 10.2. The van der Waals surface area contributed by atoms with Crippen LogP contribution in [-0.2, 0) is 16.1 Å². The number of carbonyl (C=O) groups excluding carboxylic acids is 2. The molecular formula is C25H22FNO5. The van der Waals surface area contributed by atoms with E-state index in [4.69, 9.17) is 9.15 Å². The number of rotatable bonds is 6. The van der Waals surface area contributed by atoms with Crippen molar-refractivity contribution in [3.05, 3.63) is 94.7 Å². The SMILES string of the molecule is CCOc1ccc(CN2C(=O)C(=O)/C(=C(\O)c3ccc(F)c(C)c3)C2c2ccco2)cc1. The Hall–Kier alpha value is -3.87. The fraction of sp³-hybridized carbons (Fsp3) is 0.200. The Labute approximate surface area is 184 Å². The van der Waals surface area contributed by atoms with Crippen molar-refractivity contribution in [3.8, 4) is 5.75 Å². The molecule has 164 valence electrons. The van der Waals surface area contributed by atoms with Crippen molar-refractivity contribution < 1.29 is 28.2 Å². The lowest BCUT2D eigenvalue weighted by Crippen LogP contribution is -2.29. The highest BCUT2D eigenvalue weighted by molar-refractivity contribution is 6.46. The molecule has 0 radical (unpaired) electrons. The maximum atomic E-state index is 13.7. The zero-order chi connectivity index (χ0) is 22.8. The summed E-state index contributed by atoms with van der Waals surface area (Å²) in [5.74, 6) is -1.33. The fourth-order valence-electron chi connectivity index (χ4n) is 3.79. The van der Waals surface area contributed by atoms with Crippen LogP contribution in [0.4, 0.5) is 4.39 Å². The molecule has 7 heteroatoms. The number of likely N-dealkylation sites (tertiary alicyclic amines) is 1. The van der Waals surface area contributed by atoms with Crippen LogP contribution in [0.5, 0.6) is 5.75 Å². The molecule has 32 heavy (non-hydrogen) atoms. The van der Waals surface area contributed by atoms with E-state index in [2.05, 4.69) is 0 Å². The Morgan fingerprint density at radius 3 is 2.53 bits per heavy atom. The quantitative estimate of drug-likeness (QED) is 0.343. The van der Waals surface area contributed by atoms with Gasteiger partial charge in [0.15, 0.2) is 0 Å². The minimum Gasteiger partial charge on any atom is -0.507 e. The van der Waals surface area contributed by atoms with E-state index in [0.717, 1.165) is 5.56 Å². The number of aryl methyl sites for hydroxylation is 1. The normalized spacial score (nSPS) is 17.7. The van der Waals surface area contributed by atoms with Crippen LogP contribution < -0.4 is 4.74 Å². The van der Waals surface area contributed by atoms with E-state index in [1.165, 1.54) is 29.4 Å². The number of aliphatic hydroxyl groups is 1. The minimum atomic E-state index is -0.915. The number of carbonyl (C=O) groups is 2. The maximum Gasteiger partial charge on any atom is 0.296 e. The van der Waals surface area contributed by atoms with E-state index in [-0.39, 0.29) is 23.4 Å². The number of Topliss-reactive ketones (excluding diaryl/α,β-unsaturated/α-hetero) is 1.